The van der Waals surface area contributed by atoms with Crippen LogP contribution >= 0.6 is 0 Å². The maximum atomic E-state index is 14.3. The number of para-hydroxylation sites is 1. The summed E-state index contributed by atoms with van der Waals surface area (Å²) in [4.78, 5) is 4.42. The van der Waals surface area contributed by atoms with Gasteiger partial charge in [0.2, 0.25) is 0 Å². The summed E-state index contributed by atoms with van der Waals surface area (Å²) in [6, 6.07) is 18.5. The summed E-state index contributed by atoms with van der Waals surface area (Å²) in [6.07, 6.45) is 1.64. The van der Waals surface area contributed by atoms with Crippen LogP contribution in [0.1, 0.15) is 23.2 Å². The van der Waals surface area contributed by atoms with Gasteiger partial charge in [-0.25, -0.2) is 9.07 Å². The van der Waals surface area contributed by atoms with Gasteiger partial charge in [-0.15, -0.1) is 5.10 Å². The van der Waals surface area contributed by atoms with E-state index in [2.05, 4.69) is 25.3 Å². The van der Waals surface area contributed by atoms with Gasteiger partial charge in [-0.2, -0.15) is 0 Å². The molecule has 0 aliphatic carbocycles. The molecule has 5 rings (SSSR count). The highest BCUT2D eigenvalue weighted by molar-refractivity contribution is 5.48. The molecule has 3 heterocycles. The van der Waals surface area contributed by atoms with E-state index in [0.29, 0.717) is 25.3 Å². The van der Waals surface area contributed by atoms with Crippen LogP contribution in [-0.2, 0) is 6.54 Å². The van der Waals surface area contributed by atoms with Gasteiger partial charge in [-0.1, -0.05) is 24.3 Å². The Morgan fingerprint density at radius 2 is 1.79 bits per heavy atom. The molecule has 1 fully saturated rings. The molecule has 1 aliphatic heterocycles. The van der Waals surface area contributed by atoms with Gasteiger partial charge in [0.1, 0.15) is 23.9 Å². The van der Waals surface area contributed by atoms with Crippen LogP contribution in [-0.4, -0.2) is 58.4 Å². The maximum absolute atomic E-state index is 14.3. The predicted molar refractivity (Wildman–Crippen MR) is 121 cm³/mol. The van der Waals surface area contributed by atoms with E-state index in [4.69, 9.17) is 9.15 Å². The zero-order valence-electron chi connectivity index (χ0n) is 18.3. The third kappa shape index (κ3) is 4.45. The van der Waals surface area contributed by atoms with Crippen molar-refractivity contribution in [1.29, 1.82) is 0 Å². The second-order valence-electron chi connectivity index (χ2n) is 7.92. The van der Waals surface area contributed by atoms with Crippen LogP contribution in [0.15, 0.2) is 71.3 Å². The van der Waals surface area contributed by atoms with E-state index in [1.165, 1.54) is 6.07 Å². The first kappa shape index (κ1) is 21.1. The van der Waals surface area contributed by atoms with Crippen molar-refractivity contribution in [1.82, 2.24) is 25.1 Å². The number of hydrogen-bond acceptors (Lipinski definition) is 7. The monoisotopic (exact) mass is 448 g/mol. The summed E-state index contributed by atoms with van der Waals surface area (Å²) >= 11 is 0. The van der Waals surface area contributed by atoms with E-state index in [1.54, 1.807) is 24.1 Å². The van der Waals surface area contributed by atoms with Crippen LogP contribution < -0.4 is 9.64 Å². The molecule has 0 saturated carbocycles. The number of furan rings is 1. The lowest BCUT2D eigenvalue weighted by Crippen LogP contribution is -2.48. The number of ether oxygens (including phenoxy) is 1. The van der Waals surface area contributed by atoms with Crippen molar-refractivity contribution in [3.05, 3.63) is 89.9 Å². The standard InChI is InChI=1S/C24H25FN6O2/c1-32-19-10-8-18(9-11-19)23(24-26-27-28-31(24)17-20-5-4-16-33-20)30-14-12-29(13-15-30)22-7-3-2-6-21(22)25/h2-11,16,23H,12-15,17H2,1H3/t23-/m0/s1. The van der Waals surface area contributed by atoms with Gasteiger partial charge in [0.15, 0.2) is 5.82 Å². The van der Waals surface area contributed by atoms with Gasteiger partial charge in [0, 0.05) is 26.2 Å². The van der Waals surface area contributed by atoms with E-state index < -0.39 is 0 Å². The fourth-order valence-electron chi connectivity index (χ4n) is 4.31. The van der Waals surface area contributed by atoms with E-state index in [-0.39, 0.29) is 11.9 Å². The van der Waals surface area contributed by atoms with Gasteiger partial charge in [0.05, 0.1) is 25.1 Å². The van der Waals surface area contributed by atoms with Crippen LogP contribution in [0, 0.1) is 5.82 Å². The summed E-state index contributed by atoms with van der Waals surface area (Å²) in [5.41, 5.74) is 1.70. The SMILES string of the molecule is COc1ccc([C@@H](c2nnnn2Cc2ccco2)N2CCN(c3ccccc3F)CC2)cc1. The molecular formula is C24H25FN6O2. The van der Waals surface area contributed by atoms with Crippen molar-refractivity contribution in [2.75, 3.05) is 38.2 Å². The second-order valence-corrected chi connectivity index (χ2v) is 7.92. The number of methoxy groups -OCH3 is 1. The predicted octanol–water partition coefficient (Wildman–Crippen LogP) is 3.37. The second kappa shape index (κ2) is 9.41. The number of tetrazole rings is 1. The Hall–Kier alpha value is -3.72. The number of piperazine rings is 1. The molecule has 2 aromatic heterocycles. The fourth-order valence-corrected chi connectivity index (χ4v) is 4.31. The molecule has 2 aromatic carbocycles. The molecule has 9 heteroatoms. The Morgan fingerprint density at radius 1 is 1.00 bits per heavy atom. The van der Waals surface area contributed by atoms with Gasteiger partial charge >= 0.3 is 0 Å². The third-order valence-electron chi connectivity index (χ3n) is 5.99. The van der Waals surface area contributed by atoms with Gasteiger partial charge < -0.3 is 14.1 Å². The molecule has 0 bridgehead atoms. The highest BCUT2D eigenvalue weighted by Gasteiger charge is 2.31. The van der Waals surface area contributed by atoms with E-state index >= 15 is 0 Å². The molecule has 1 saturated heterocycles. The lowest BCUT2D eigenvalue weighted by molar-refractivity contribution is 0.200. The maximum Gasteiger partial charge on any atom is 0.173 e. The topological polar surface area (TPSA) is 72.4 Å². The zero-order chi connectivity index (χ0) is 22.6. The first-order valence-electron chi connectivity index (χ1n) is 10.9. The Bertz CT molecular complexity index is 1170. The van der Waals surface area contributed by atoms with Crippen LogP contribution in [0.2, 0.25) is 0 Å². The summed E-state index contributed by atoms with van der Waals surface area (Å²) in [5.74, 6) is 2.11. The van der Waals surface area contributed by atoms with Crippen LogP contribution in [0.4, 0.5) is 10.1 Å². The quantitative estimate of drug-likeness (QED) is 0.429. The minimum atomic E-state index is -0.194. The number of benzene rings is 2. The number of aromatic nitrogens is 4. The molecule has 4 aromatic rings. The van der Waals surface area contributed by atoms with Crippen molar-refractivity contribution >= 4 is 5.69 Å². The summed E-state index contributed by atoms with van der Waals surface area (Å²) < 4.78 is 26.9. The molecule has 8 nitrogen and oxygen atoms in total. The fraction of sp³-hybridized carbons (Fsp3) is 0.292. The largest absolute Gasteiger partial charge is 0.497 e. The summed E-state index contributed by atoms with van der Waals surface area (Å²) in [5, 5.41) is 12.6. The molecule has 1 aliphatic rings. The highest BCUT2D eigenvalue weighted by atomic mass is 19.1. The number of rotatable bonds is 7. The van der Waals surface area contributed by atoms with Crippen molar-refractivity contribution in [2.45, 2.75) is 12.6 Å². The average Bonchev–Trinajstić information content (AvgIpc) is 3.54. The van der Waals surface area contributed by atoms with Crippen molar-refractivity contribution < 1.29 is 13.5 Å². The average molecular weight is 449 g/mol. The van der Waals surface area contributed by atoms with Crippen LogP contribution in [0.25, 0.3) is 0 Å². The highest BCUT2D eigenvalue weighted by Crippen LogP contribution is 2.31. The molecular weight excluding hydrogens is 423 g/mol. The third-order valence-corrected chi connectivity index (χ3v) is 5.99. The molecule has 0 N–H and O–H groups in total. The molecule has 0 unspecified atom stereocenters. The molecule has 33 heavy (non-hydrogen) atoms. The first-order chi connectivity index (χ1) is 16.2. The number of hydrogen-bond donors (Lipinski definition) is 0. The van der Waals surface area contributed by atoms with Crippen molar-refractivity contribution in [3.63, 3.8) is 0 Å². The lowest BCUT2D eigenvalue weighted by atomic mass is 10.0. The Kier molecular flexibility index (Phi) is 6.03. The molecule has 1 atom stereocenters. The number of anilines is 1. The van der Waals surface area contributed by atoms with E-state index in [9.17, 15) is 4.39 Å². The summed E-state index contributed by atoms with van der Waals surface area (Å²) in [6.45, 7) is 3.31. The van der Waals surface area contributed by atoms with Crippen LogP contribution in [0.5, 0.6) is 5.75 Å². The molecule has 0 radical (unpaired) electrons. The molecule has 0 amide bonds. The number of nitrogens with zero attached hydrogens (tertiary/aromatic N) is 6. The van der Waals surface area contributed by atoms with Gasteiger partial charge in [-0.05, 0) is 52.4 Å². The molecule has 0 spiro atoms. The van der Waals surface area contributed by atoms with Crippen molar-refractivity contribution in [3.8, 4) is 5.75 Å². The summed E-state index contributed by atoms with van der Waals surface area (Å²) in [7, 11) is 1.65. The first-order valence-corrected chi connectivity index (χ1v) is 10.9. The van der Waals surface area contributed by atoms with Gasteiger partial charge in [-0.3, -0.25) is 4.90 Å². The minimum Gasteiger partial charge on any atom is -0.497 e. The van der Waals surface area contributed by atoms with E-state index in [0.717, 1.165) is 36.0 Å². The van der Waals surface area contributed by atoms with E-state index in [1.807, 2.05) is 48.5 Å². The molecule has 170 valence electrons. The minimum absolute atomic E-state index is 0.163. The Labute approximate surface area is 191 Å². The van der Waals surface area contributed by atoms with Crippen molar-refractivity contribution in [2.24, 2.45) is 0 Å². The smallest absolute Gasteiger partial charge is 0.173 e. The number of halogens is 1. The zero-order valence-corrected chi connectivity index (χ0v) is 18.3. The lowest BCUT2D eigenvalue weighted by Gasteiger charge is -2.40. The van der Waals surface area contributed by atoms with Gasteiger partial charge in [0.25, 0.3) is 0 Å². The van der Waals surface area contributed by atoms with Crippen LogP contribution in [0.3, 0.4) is 0 Å². The normalized spacial score (nSPS) is 15.5. The Morgan fingerprint density at radius 3 is 2.48 bits per heavy atom. The Balaban J connectivity index is 1.43.